The highest BCUT2D eigenvalue weighted by molar-refractivity contribution is 5.94. The average molecular weight is 253 g/mol. The molecule has 0 bridgehead atoms. The first kappa shape index (κ1) is 12.8. The number of phenols is 1. The number of phenolic OH excluding ortho intramolecular Hbond substituents is 1. The quantitative estimate of drug-likeness (QED) is 0.837. The zero-order chi connectivity index (χ0) is 13.1. The van der Waals surface area contributed by atoms with E-state index in [1.54, 1.807) is 4.90 Å². The van der Waals surface area contributed by atoms with Gasteiger partial charge < -0.3 is 15.1 Å². The van der Waals surface area contributed by atoms with Crippen molar-refractivity contribution >= 4 is 5.91 Å². The lowest BCUT2D eigenvalue weighted by Gasteiger charge is -2.31. The van der Waals surface area contributed by atoms with E-state index < -0.39 is 5.82 Å². The summed E-state index contributed by atoms with van der Waals surface area (Å²) < 4.78 is 13.6. The van der Waals surface area contributed by atoms with Crippen LogP contribution in [-0.4, -0.2) is 40.7 Å². The molecule has 2 N–H and O–H groups in total. The molecule has 1 saturated heterocycles. The predicted octanol–water partition coefficient (Wildman–Crippen LogP) is 1.38. The average Bonchev–Trinajstić information content (AvgIpc) is 2.38. The number of hydrogen-bond acceptors (Lipinski definition) is 3. The molecule has 1 aliphatic rings. The Morgan fingerprint density at radius 3 is 2.61 bits per heavy atom. The number of likely N-dealkylation sites (tertiary alicyclic amines) is 1. The van der Waals surface area contributed by atoms with E-state index in [2.05, 4.69) is 0 Å². The molecule has 1 amide bonds. The number of benzene rings is 1. The zero-order valence-electron chi connectivity index (χ0n) is 9.97. The SMILES string of the molecule is O=C(c1ccc(O)cc1F)N1CCC(CO)CC1. The number of amides is 1. The van der Waals surface area contributed by atoms with Crippen molar-refractivity contribution in [1.82, 2.24) is 4.90 Å². The van der Waals surface area contributed by atoms with Crippen molar-refractivity contribution in [2.75, 3.05) is 19.7 Å². The van der Waals surface area contributed by atoms with Crippen LogP contribution in [0.5, 0.6) is 5.75 Å². The summed E-state index contributed by atoms with van der Waals surface area (Å²) in [5, 5.41) is 18.1. The number of carbonyl (C=O) groups is 1. The van der Waals surface area contributed by atoms with E-state index in [4.69, 9.17) is 10.2 Å². The van der Waals surface area contributed by atoms with E-state index in [0.717, 1.165) is 18.9 Å². The standard InChI is InChI=1S/C13H16FNO3/c14-12-7-10(17)1-2-11(12)13(18)15-5-3-9(8-16)4-6-15/h1-2,7,9,16-17H,3-6,8H2. The maximum Gasteiger partial charge on any atom is 0.256 e. The van der Waals surface area contributed by atoms with E-state index in [1.165, 1.54) is 12.1 Å². The number of aliphatic hydroxyl groups is 1. The highest BCUT2D eigenvalue weighted by atomic mass is 19.1. The van der Waals surface area contributed by atoms with Crippen LogP contribution in [-0.2, 0) is 0 Å². The van der Waals surface area contributed by atoms with E-state index in [9.17, 15) is 9.18 Å². The number of rotatable bonds is 2. The zero-order valence-corrected chi connectivity index (χ0v) is 9.97. The number of aromatic hydroxyl groups is 1. The number of carbonyl (C=O) groups excluding carboxylic acids is 1. The van der Waals surface area contributed by atoms with Crippen LogP contribution in [0.15, 0.2) is 18.2 Å². The molecule has 0 radical (unpaired) electrons. The van der Waals surface area contributed by atoms with Crippen LogP contribution in [0.2, 0.25) is 0 Å². The van der Waals surface area contributed by atoms with Crippen molar-refractivity contribution in [3.8, 4) is 5.75 Å². The normalized spacial score (nSPS) is 16.9. The number of aliphatic hydroxyl groups excluding tert-OH is 1. The van der Waals surface area contributed by atoms with Gasteiger partial charge in [-0.2, -0.15) is 0 Å². The van der Waals surface area contributed by atoms with Gasteiger partial charge in [0.25, 0.3) is 5.91 Å². The fourth-order valence-corrected chi connectivity index (χ4v) is 2.17. The summed E-state index contributed by atoms with van der Waals surface area (Å²) in [5.74, 6) is -1.02. The Morgan fingerprint density at radius 2 is 2.06 bits per heavy atom. The van der Waals surface area contributed by atoms with Crippen LogP contribution in [0.4, 0.5) is 4.39 Å². The molecule has 98 valence electrons. The Kier molecular flexibility index (Phi) is 3.81. The minimum atomic E-state index is -0.704. The lowest BCUT2D eigenvalue weighted by molar-refractivity contribution is 0.0646. The molecule has 0 aliphatic carbocycles. The number of hydrogen-bond donors (Lipinski definition) is 2. The molecule has 1 aliphatic heterocycles. The fraction of sp³-hybridized carbons (Fsp3) is 0.462. The smallest absolute Gasteiger partial charge is 0.256 e. The maximum atomic E-state index is 13.6. The van der Waals surface area contributed by atoms with Gasteiger partial charge in [-0.05, 0) is 30.9 Å². The van der Waals surface area contributed by atoms with Gasteiger partial charge >= 0.3 is 0 Å². The van der Waals surface area contributed by atoms with Crippen molar-refractivity contribution in [3.05, 3.63) is 29.6 Å². The van der Waals surface area contributed by atoms with E-state index in [0.29, 0.717) is 13.1 Å². The minimum Gasteiger partial charge on any atom is -0.508 e. The summed E-state index contributed by atoms with van der Waals surface area (Å²) >= 11 is 0. The van der Waals surface area contributed by atoms with Gasteiger partial charge in [0, 0.05) is 25.8 Å². The summed E-state index contributed by atoms with van der Waals surface area (Å²) in [6.07, 6.45) is 1.48. The number of halogens is 1. The van der Waals surface area contributed by atoms with Crippen molar-refractivity contribution in [1.29, 1.82) is 0 Å². The van der Waals surface area contributed by atoms with Gasteiger partial charge in [0.05, 0.1) is 5.56 Å². The Morgan fingerprint density at radius 1 is 1.39 bits per heavy atom. The molecule has 0 spiro atoms. The van der Waals surface area contributed by atoms with Crippen molar-refractivity contribution in [3.63, 3.8) is 0 Å². The molecular weight excluding hydrogens is 237 g/mol. The molecule has 4 nitrogen and oxygen atoms in total. The first-order valence-electron chi connectivity index (χ1n) is 6.00. The lowest BCUT2D eigenvalue weighted by Crippen LogP contribution is -2.39. The third-order valence-corrected chi connectivity index (χ3v) is 3.34. The number of nitrogens with zero attached hydrogens (tertiary/aromatic N) is 1. The second kappa shape index (κ2) is 5.35. The Hall–Kier alpha value is -1.62. The molecule has 0 atom stereocenters. The second-order valence-corrected chi connectivity index (χ2v) is 4.58. The van der Waals surface area contributed by atoms with Gasteiger partial charge in [-0.25, -0.2) is 4.39 Å². The highest BCUT2D eigenvalue weighted by Gasteiger charge is 2.24. The molecule has 1 fully saturated rings. The summed E-state index contributed by atoms with van der Waals surface area (Å²) in [6.45, 7) is 1.20. The second-order valence-electron chi connectivity index (χ2n) is 4.58. The van der Waals surface area contributed by atoms with Gasteiger partial charge in [0.2, 0.25) is 0 Å². The summed E-state index contributed by atoms with van der Waals surface area (Å²) in [4.78, 5) is 13.7. The molecule has 18 heavy (non-hydrogen) atoms. The van der Waals surface area contributed by atoms with Crippen molar-refractivity contribution in [2.45, 2.75) is 12.8 Å². The molecule has 0 aromatic heterocycles. The highest BCUT2D eigenvalue weighted by Crippen LogP contribution is 2.21. The van der Waals surface area contributed by atoms with Crippen LogP contribution in [0.3, 0.4) is 0 Å². The summed E-state index contributed by atoms with van der Waals surface area (Å²) in [5.41, 5.74) is -0.0183. The van der Waals surface area contributed by atoms with Crippen molar-refractivity contribution < 1.29 is 19.4 Å². The van der Waals surface area contributed by atoms with Gasteiger partial charge in [-0.15, -0.1) is 0 Å². The van der Waals surface area contributed by atoms with Crippen LogP contribution in [0, 0.1) is 11.7 Å². The maximum absolute atomic E-state index is 13.6. The topological polar surface area (TPSA) is 60.8 Å². The molecule has 5 heteroatoms. The predicted molar refractivity (Wildman–Crippen MR) is 63.8 cm³/mol. The Bertz CT molecular complexity index is 442. The van der Waals surface area contributed by atoms with Crippen LogP contribution >= 0.6 is 0 Å². The molecule has 2 rings (SSSR count). The Labute approximate surface area is 105 Å². The lowest BCUT2D eigenvalue weighted by atomic mass is 9.97. The first-order chi connectivity index (χ1) is 8.61. The van der Waals surface area contributed by atoms with E-state index in [1.807, 2.05) is 0 Å². The molecular formula is C13H16FNO3. The molecule has 1 aromatic rings. The third-order valence-electron chi connectivity index (χ3n) is 3.34. The van der Waals surface area contributed by atoms with E-state index >= 15 is 0 Å². The van der Waals surface area contributed by atoms with Crippen LogP contribution in [0.1, 0.15) is 23.2 Å². The first-order valence-corrected chi connectivity index (χ1v) is 6.00. The number of piperidine rings is 1. The largest absolute Gasteiger partial charge is 0.508 e. The monoisotopic (exact) mass is 253 g/mol. The third kappa shape index (κ3) is 2.61. The van der Waals surface area contributed by atoms with Gasteiger partial charge in [-0.3, -0.25) is 4.79 Å². The fourth-order valence-electron chi connectivity index (χ4n) is 2.17. The summed E-state index contributed by atoms with van der Waals surface area (Å²) in [7, 11) is 0. The Balaban J connectivity index is 2.08. The molecule has 1 heterocycles. The van der Waals surface area contributed by atoms with Gasteiger partial charge in [0.15, 0.2) is 0 Å². The van der Waals surface area contributed by atoms with Crippen LogP contribution < -0.4 is 0 Å². The molecule has 0 unspecified atom stereocenters. The molecule has 1 aromatic carbocycles. The summed E-state index contributed by atoms with van der Waals surface area (Å²) in [6, 6.07) is 3.54. The van der Waals surface area contributed by atoms with Gasteiger partial charge in [-0.1, -0.05) is 0 Å². The van der Waals surface area contributed by atoms with Gasteiger partial charge in [0.1, 0.15) is 11.6 Å². The van der Waals surface area contributed by atoms with E-state index in [-0.39, 0.29) is 29.7 Å². The van der Waals surface area contributed by atoms with Crippen molar-refractivity contribution in [2.24, 2.45) is 5.92 Å². The minimum absolute atomic E-state index is 0.0183. The van der Waals surface area contributed by atoms with Crippen LogP contribution in [0.25, 0.3) is 0 Å². The molecule has 0 saturated carbocycles.